The average molecular weight is 351 g/mol. The summed E-state index contributed by atoms with van der Waals surface area (Å²) in [5, 5.41) is 6.38. The van der Waals surface area contributed by atoms with Crippen LogP contribution in [0.15, 0.2) is 47.1 Å². The van der Waals surface area contributed by atoms with E-state index in [1.165, 1.54) is 11.9 Å². The Hall–Kier alpha value is -2.93. The number of carbonyl (C=O) groups excluding carboxylic acids is 1. The minimum Gasteiger partial charge on any atom is -0.461 e. The Bertz CT molecular complexity index is 879. The molecule has 0 aliphatic carbocycles. The Balaban J connectivity index is 1.42. The van der Waals surface area contributed by atoms with Gasteiger partial charge < -0.3 is 9.32 Å². The molecule has 26 heavy (non-hydrogen) atoms. The minimum absolute atomic E-state index is 0.0892. The topological polar surface area (TPSA) is 78.3 Å². The van der Waals surface area contributed by atoms with Crippen molar-refractivity contribution in [3.63, 3.8) is 0 Å². The number of carbonyl (C=O) groups is 1. The summed E-state index contributed by atoms with van der Waals surface area (Å²) >= 11 is 0. The van der Waals surface area contributed by atoms with Crippen molar-refractivity contribution in [1.82, 2.24) is 25.0 Å². The third-order valence-electron chi connectivity index (χ3n) is 4.69. The second-order valence-corrected chi connectivity index (χ2v) is 6.47. The monoisotopic (exact) mass is 351 g/mol. The molecule has 0 bridgehead atoms. The number of nitrogens with one attached hydrogen (secondary N) is 1. The van der Waals surface area contributed by atoms with Gasteiger partial charge in [0.2, 0.25) is 5.82 Å². The number of aromatic nitrogens is 3. The number of hydrogen-bond acceptors (Lipinski definition) is 5. The van der Waals surface area contributed by atoms with E-state index < -0.39 is 0 Å². The van der Waals surface area contributed by atoms with Crippen molar-refractivity contribution >= 4 is 5.91 Å². The fraction of sp³-hybridized carbons (Fsp3) is 0.316. The first kappa shape index (κ1) is 16.5. The lowest BCUT2D eigenvalue weighted by Crippen LogP contribution is -2.48. The SMILES string of the molecule is Cc1ccc(-c2ccccc2CN2CCN(C(=O)c3ncn[nH]3)CC2)o1. The molecule has 0 atom stereocenters. The predicted octanol–water partition coefficient (Wildman–Crippen LogP) is 2.33. The van der Waals surface area contributed by atoms with E-state index in [1.54, 1.807) is 0 Å². The lowest BCUT2D eigenvalue weighted by atomic mass is 10.0. The van der Waals surface area contributed by atoms with Crippen LogP contribution in [0.4, 0.5) is 0 Å². The Labute approximate surface area is 151 Å². The van der Waals surface area contributed by atoms with E-state index in [4.69, 9.17) is 4.42 Å². The molecule has 0 radical (unpaired) electrons. The summed E-state index contributed by atoms with van der Waals surface area (Å²) in [6, 6.07) is 12.3. The highest BCUT2D eigenvalue weighted by Crippen LogP contribution is 2.27. The number of amides is 1. The van der Waals surface area contributed by atoms with Gasteiger partial charge in [-0.25, -0.2) is 4.98 Å². The third-order valence-corrected chi connectivity index (χ3v) is 4.69. The summed E-state index contributed by atoms with van der Waals surface area (Å²) in [6.45, 7) is 5.80. The molecule has 1 N–H and O–H groups in total. The van der Waals surface area contributed by atoms with Gasteiger partial charge in [0.05, 0.1) is 0 Å². The van der Waals surface area contributed by atoms with Gasteiger partial charge in [-0.3, -0.25) is 14.8 Å². The Morgan fingerprint density at radius 3 is 2.65 bits per heavy atom. The maximum atomic E-state index is 12.3. The van der Waals surface area contributed by atoms with Gasteiger partial charge in [0.15, 0.2) is 0 Å². The van der Waals surface area contributed by atoms with Crippen molar-refractivity contribution in [3.8, 4) is 11.3 Å². The molecule has 1 aliphatic rings. The number of aromatic amines is 1. The maximum Gasteiger partial charge on any atom is 0.291 e. The van der Waals surface area contributed by atoms with Crippen molar-refractivity contribution in [2.75, 3.05) is 26.2 Å². The third kappa shape index (κ3) is 3.39. The zero-order chi connectivity index (χ0) is 17.9. The van der Waals surface area contributed by atoms with Crippen LogP contribution in [0.1, 0.15) is 21.9 Å². The molecule has 1 aromatic carbocycles. The molecule has 1 fully saturated rings. The number of piperazine rings is 1. The molecule has 134 valence electrons. The van der Waals surface area contributed by atoms with E-state index in [9.17, 15) is 4.79 Å². The van der Waals surface area contributed by atoms with E-state index in [0.29, 0.717) is 18.9 Å². The fourth-order valence-electron chi connectivity index (χ4n) is 3.29. The highest BCUT2D eigenvalue weighted by Gasteiger charge is 2.24. The molecule has 4 rings (SSSR count). The van der Waals surface area contributed by atoms with Gasteiger partial charge in [-0.2, -0.15) is 5.10 Å². The fourth-order valence-corrected chi connectivity index (χ4v) is 3.29. The largest absolute Gasteiger partial charge is 0.461 e. The first-order valence-corrected chi connectivity index (χ1v) is 8.72. The number of benzene rings is 1. The smallest absolute Gasteiger partial charge is 0.291 e. The summed E-state index contributed by atoms with van der Waals surface area (Å²) in [7, 11) is 0. The summed E-state index contributed by atoms with van der Waals surface area (Å²) in [5.74, 6) is 2.03. The lowest BCUT2D eigenvalue weighted by molar-refractivity contribution is 0.0617. The van der Waals surface area contributed by atoms with E-state index in [2.05, 4.69) is 38.3 Å². The van der Waals surface area contributed by atoms with Crippen molar-refractivity contribution in [2.24, 2.45) is 0 Å². The summed E-state index contributed by atoms with van der Waals surface area (Å²) in [6.07, 6.45) is 1.36. The van der Waals surface area contributed by atoms with Gasteiger partial charge in [0.25, 0.3) is 5.91 Å². The van der Waals surface area contributed by atoms with Crippen LogP contribution in [-0.4, -0.2) is 57.1 Å². The van der Waals surface area contributed by atoms with Crippen LogP contribution >= 0.6 is 0 Å². The molecule has 0 spiro atoms. The van der Waals surface area contributed by atoms with Gasteiger partial charge in [0, 0.05) is 38.3 Å². The van der Waals surface area contributed by atoms with Gasteiger partial charge in [-0.05, 0) is 24.6 Å². The Kier molecular flexibility index (Phi) is 4.53. The zero-order valence-electron chi connectivity index (χ0n) is 14.7. The summed E-state index contributed by atoms with van der Waals surface area (Å²) in [5.41, 5.74) is 2.36. The zero-order valence-corrected chi connectivity index (χ0v) is 14.7. The number of nitrogens with zero attached hydrogens (tertiary/aromatic N) is 4. The van der Waals surface area contributed by atoms with E-state index in [1.807, 2.05) is 30.0 Å². The molecule has 1 saturated heterocycles. The first-order chi connectivity index (χ1) is 12.7. The molecule has 7 nitrogen and oxygen atoms in total. The highest BCUT2D eigenvalue weighted by molar-refractivity contribution is 5.90. The van der Waals surface area contributed by atoms with Crippen molar-refractivity contribution in [1.29, 1.82) is 0 Å². The van der Waals surface area contributed by atoms with E-state index >= 15 is 0 Å². The van der Waals surface area contributed by atoms with E-state index in [0.717, 1.165) is 36.7 Å². The highest BCUT2D eigenvalue weighted by atomic mass is 16.3. The molecule has 7 heteroatoms. The van der Waals surface area contributed by atoms with Gasteiger partial charge in [-0.1, -0.05) is 24.3 Å². The normalized spacial score (nSPS) is 15.3. The van der Waals surface area contributed by atoms with Crippen LogP contribution in [-0.2, 0) is 6.54 Å². The van der Waals surface area contributed by atoms with Crippen LogP contribution in [0.5, 0.6) is 0 Å². The Morgan fingerprint density at radius 2 is 1.96 bits per heavy atom. The molecular weight excluding hydrogens is 330 g/mol. The number of H-pyrrole nitrogens is 1. The van der Waals surface area contributed by atoms with Crippen LogP contribution in [0.3, 0.4) is 0 Å². The number of furan rings is 1. The van der Waals surface area contributed by atoms with Gasteiger partial charge in [0.1, 0.15) is 17.8 Å². The van der Waals surface area contributed by atoms with E-state index in [-0.39, 0.29) is 5.91 Å². The van der Waals surface area contributed by atoms with Crippen LogP contribution in [0, 0.1) is 6.92 Å². The molecule has 3 aromatic rings. The minimum atomic E-state index is -0.0892. The molecule has 0 saturated carbocycles. The molecule has 1 aliphatic heterocycles. The van der Waals surface area contributed by atoms with Crippen LogP contribution < -0.4 is 0 Å². The Morgan fingerprint density at radius 1 is 1.15 bits per heavy atom. The average Bonchev–Trinajstić information content (AvgIpc) is 3.34. The molecular formula is C19H21N5O2. The van der Waals surface area contributed by atoms with Crippen LogP contribution in [0.2, 0.25) is 0 Å². The van der Waals surface area contributed by atoms with Crippen molar-refractivity contribution < 1.29 is 9.21 Å². The molecule has 3 heterocycles. The number of aryl methyl sites for hydroxylation is 1. The predicted molar refractivity (Wildman–Crippen MR) is 96.4 cm³/mol. The number of hydrogen-bond donors (Lipinski definition) is 1. The second kappa shape index (κ2) is 7.13. The van der Waals surface area contributed by atoms with Crippen molar-refractivity contribution in [3.05, 3.63) is 59.9 Å². The molecule has 0 unspecified atom stereocenters. The quantitative estimate of drug-likeness (QED) is 0.780. The van der Waals surface area contributed by atoms with Crippen molar-refractivity contribution in [2.45, 2.75) is 13.5 Å². The first-order valence-electron chi connectivity index (χ1n) is 8.72. The van der Waals surface area contributed by atoms with Gasteiger partial charge in [-0.15, -0.1) is 0 Å². The molecule has 2 aromatic heterocycles. The number of rotatable bonds is 4. The summed E-state index contributed by atoms with van der Waals surface area (Å²) < 4.78 is 5.80. The standard InChI is InChI=1S/C19H21N5O2/c1-14-6-7-17(26-14)16-5-3-2-4-15(16)12-23-8-10-24(11-9-23)19(25)18-20-13-21-22-18/h2-7,13H,8-12H2,1H3,(H,20,21,22). The molecule has 1 amide bonds. The lowest BCUT2D eigenvalue weighted by Gasteiger charge is -2.34. The van der Waals surface area contributed by atoms with Gasteiger partial charge >= 0.3 is 0 Å². The summed E-state index contributed by atoms with van der Waals surface area (Å²) in [4.78, 5) is 20.5. The maximum absolute atomic E-state index is 12.3. The van der Waals surface area contributed by atoms with Crippen LogP contribution in [0.25, 0.3) is 11.3 Å². The second-order valence-electron chi connectivity index (χ2n) is 6.47.